The Hall–Kier alpha value is -3.20. The first-order chi connectivity index (χ1) is 14.1. The fourth-order valence-electron chi connectivity index (χ4n) is 3.84. The number of halogens is 1. The number of amides is 1. The van der Waals surface area contributed by atoms with Gasteiger partial charge in [-0.2, -0.15) is 4.99 Å². The molecule has 29 heavy (non-hydrogen) atoms. The summed E-state index contributed by atoms with van der Waals surface area (Å²) >= 11 is 6.25. The summed E-state index contributed by atoms with van der Waals surface area (Å²) in [5.74, 6) is 0.289. The zero-order valence-electron chi connectivity index (χ0n) is 15.9. The molecule has 0 aromatic heterocycles. The van der Waals surface area contributed by atoms with E-state index in [1.165, 1.54) is 5.56 Å². The zero-order chi connectivity index (χ0) is 20.4. The third-order valence-corrected chi connectivity index (χ3v) is 5.63. The van der Waals surface area contributed by atoms with Crippen LogP contribution in [0.15, 0.2) is 65.7 Å². The number of nitrogens with zero attached hydrogens (tertiary/aromatic N) is 2. The van der Waals surface area contributed by atoms with Crippen molar-refractivity contribution in [2.45, 2.75) is 12.8 Å². The highest BCUT2D eigenvalue weighted by molar-refractivity contribution is 6.19. The molecule has 0 bridgehead atoms. The minimum Gasteiger partial charge on any atom is -0.308 e. The molecule has 4 rings (SSSR count). The highest BCUT2D eigenvalue weighted by atomic mass is 35.5. The summed E-state index contributed by atoms with van der Waals surface area (Å²) in [5, 5.41) is 1.82. The van der Waals surface area contributed by atoms with Crippen LogP contribution in [0.3, 0.4) is 0 Å². The number of carbonyl (C=O) groups is 1. The van der Waals surface area contributed by atoms with Crippen LogP contribution in [-0.2, 0) is 9.59 Å². The maximum atomic E-state index is 13.0. The van der Waals surface area contributed by atoms with Crippen LogP contribution < -0.4 is 4.90 Å². The van der Waals surface area contributed by atoms with Gasteiger partial charge in [0.05, 0.1) is 11.4 Å². The minimum absolute atomic E-state index is 0.0163. The SMILES string of the molecule is Cc1ccc(C=CC(=O)N2CC(CCl)c3c2cc(N=C=O)c2ccccc32)cc1. The van der Waals surface area contributed by atoms with Gasteiger partial charge >= 0.3 is 0 Å². The number of hydrogen-bond donors (Lipinski definition) is 0. The lowest BCUT2D eigenvalue weighted by atomic mass is 9.95. The molecule has 0 radical (unpaired) electrons. The van der Waals surface area contributed by atoms with Crippen molar-refractivity contribution in [1.82, 2.24) is 0 Å². The summed E-state index contributed by atoms with van der Waals surface area (Å²) in [6.07, 6.45) is 5.00. The van der Waals surface area contributed by atoms with E-state index in [2.05, 4.69) is 4.99 Å². The Morgan fingerprint density at radius 2 is 1.93 bits per heavy atom. The predicted molar refractivity (Wildman–Crippen MR) is 118 cm³/mol. The summed E-state index contributed by atoms with van der Waals surface area (Å²) < 4.78 is 0. The average molecular weight is 403 g/mol. The number of carbonyl (C=O) groups excluding carboxylic acids is 2. The van der Waals surface area contributed by atoms with Gasteiger partial charge in [0.1, 0.15) is 0 Å². The van der Waals surface area contributed by atoms with Gasteiger partial charge in [-0.3, -0.25) is 4.79 Å². The Morgan fingerprint density at radius 3 is 2.62 bits per heavy atom. The van der Waals surface area contributed by atoms with E-state index in [1.807, 2.05) is 55.5 Å². The van der Waals surface area contributed by atoms with Crippen molar-refractivity contribution in [2.24, 2.45) is 4.99 Å². The number of anilines is 1. The Labute approximate surface area is 174 Å². The number of rotatable bonds is 4. The predicted octanol–water partition coefficient (Wildman–Crippen LogP) is 5.50. The fraction of sp³-hybridized carbons (Fsp3) is 0.167. The summed E-state index contributed by atoms with van der Waals surface area (Å²) in [6.45, 7) is 2.52. The molecular formula is C24H19ClN2O2. The van der Waals surface area contributed by atoms with Gasteiger partial charge < -0.3 is 4.90 Å². The maximum absolute atomic E-state index is 13.0. The number of isocyanates is 1. The topological polar surface area (TPSA) is 49.7 Å². The van der Waals surface area contributed by atoms with Crippen molar-refractivity contribution in [3.05, 3.63) is 77.4 Å². The Kier molecular flexibility index (Phi) is 5.30. The molecule has 144 valence electrons. The molecule has 0 N–H and O–H groups in total. The smallest absolute Gasteiger partial charge is 0.251 e. The van der Waals surface area contributed by atoms with E-state index < -0.39 is 0 Å². The summed E-state index contributed by atoms with van der Waals surface area (Å²) in [4.78, 5) is 29.5. The van der Waals surface area contributed by atoms with Crippen molar-refractivity contribution in [2.75, 3.05) is 17.3 Å². The van der Waals surface area contributed by atoms with Crippen molar-refractivity contribution in [3.63, 3.8) is 0 Å². The van der Waals surface area contributed by atoms with E-state index >= 15 is 0 Å². The number of benzene rings is 3. The van der Waals surface area contributed by atoms with Crippen molar-refractivity contribution >= 4 is 51.8 Å². The molecule has 1 aliphatic rings. The number of fused-ring (bicyclic) bond motifs is 3. The number of hydrogen-bond acceptors (Lipinski definition) is 3. The molecule has 5 heteroatoms. The molecule has 3 aromatic carbocycles. The van der Waals surface area contributed by atoms with Crippen LogP contribution >= 0.6 is 11.6 Å². The molecule has 1 amide bonds. The third-order valence-electron chi connectivity index (χ3n) is 5.26. The van der Waals surface area contributed by atoms with Crippen LogP contribution in [0.2, 0.25) is 0 Å². The van der Waals surface area contributed by atoms with Crippen molar-refractivity contribution in [3.8, 4) is 0 Å². The van der Waals surface area contributed by atoms with Crippen LogP contribution in [0.25, 0.3) is 16.8 Å². The lowest BCUT2D eigenvalue weighted by molar-refractivity contribution is -0.114. The highest BCUT2D eigenvalue weighted by Gasteiger charge is 2.33. The van der Waals surface area contributed by atoms with E-state index in [9.17, 15) is 9.59 Å². The van der Waals surface area contributed by atoms with E-state index in [0.29, 0.717) is 18.1 Å². The molecule has 3 aromatic rings. The van der Waals surface area contributed by atoms with Gasteiger partial charge in [0, 0.05) is 29.8 Å². The van der Waals surface area contributed by atoms with Crippen LogP contribution in [0.4, 0.5) is 11.4 Å². The molecule has 4 nitrogen and oxygen atoms in total. The summed E-state index contributed by atoms with van der Waals surface area (Å²) in [5.41, 5.74) is 4.41. The second-order valence-electron chi connectivity index (χ2n) is 7.12. The lowest BCUT2D eigenvalue weighted by Crippen LogP contribution is -2.28. The fourth-order valence-corrected chi connectivity index (χ4v) is 4.09. The minimum atomic E-state index is -0.129. The van der Waals surface area contributed by atoms with Gasteiger partial charge in [0.2, 0.25) is 6.08 Å². The average Bonchev–Trinajstić information content (AvgIpc) is 3.12. The van der Waals surface area contributed by atoms with E-state index in [1.54, 1.807) is 29.2 Å². The normalized spacial score (nSPS) is 15.5. The molecule has 0 fully saturated rings. The maximum Gasteiger partial charge on any atom is 0.251 e. The Balaban J connectivity index is 1.77. The monoisotopic (exact) mass is 402 g/mol. The Morgan fingerprint density at radius 1 is 1.21 bits per heavy atom. The van der Waals surface area contributed by atoms with Crippen molar-refractivity contribution < 1.29 is 9.59 Å². The molecule has 1 unspecified atom stereocenters. The van der Waals surface area contributed by atoms with Crippen LogP contribution in [0.1, 0.15) is 22.6 Å². The summed E-state index contributed by atoms with van der Waals surface area (Å²) in [7, 11) is 0. The largest absolute Gasteiger partial charge is 0.308 e. The van der Waals surface area contributed by atoms with Crippen molar-refractivity contribution in [1.29, 1.82) is 0 Å². The molecule has 0 aliphatic carbocycles. The highest BCUT2D eigenvalue weighted by Crippen LogP contribution is 2.45. The van der Waals surface area contributed by atoms with Gasteiger partial charge in [-0.25, -0.2) is 4.79 Å². The van der Waals surface area contributed by atoms with Gasteiger partial charge in [-0.15, -0.1) is 11.6 Å². The van der Waals surface area contributed by atoms with Crippen LogP contribution in [0, 0.1) is 6.92 Å². The van der Waals surface area contributed by atoms with E-state index in [-0.39, 0.29) is 11.8 Å². The van der Waals surface area contributed by atoms with E-state index in [0.717, 1.165) is 27.6 Å². The number of aryl methyl sites for hydroxylation is 1. The Bertz CT molecular complexity index is 1160. The van der Waals surface area contributed by atoms with E-state index in [4.69, 9.17) is 11.6 Å². The van der Waals surface area contributed by atoms with Crippen LogP contribution in [0.5, 0.6) is 0 Å². The van der Waals surface area contributed by atoms with Gasteiger partial charge in [-0.05, 0) is 35.6 Å². The third kappa shape index (κ3) is 3.61. The number of alkyl halides is 1. The lowest BCUT2D eigenvalue weighted by Gasteiger charge is -2.16. The second-order valence-corrected chi connectivity index (χ2v) is 7.43. The first-order valence-electron chi connectivity index (χ1n) is 9.38. The van der Waals surface area contributed by atoms with Gasteiger partial charge in [-0.1, -0.05) is 54.1 Å². The van der Waals surface area contributed by atoms with Crippen LogP contribution in [-0.4, -0.2) is 24.4 Å². The molecule has 1 aliphatic heterocycles. The molecule has 1 atom stereocenters. The molecule has 1 heterocycles. The van der Waals surface area contributed by atoms with Gasteiger partial charge in [0.25, 0.3) is 5.91 Å². The van der Waals surface area contributed by atoms with Gasteiger partial charge in [0.15, 0.2) is 0 Å². The standard InChI is InChI=1S/C24H19ClN2O2/c1-16-6-8-17(9-7-16)10-11-23(29)27-14-18(13-25)24-20-5-3-2-4-19(20)21(26-15-28)12-22(24)27/h2-12,18H,13-14H2,1H3. The first-order valence-corrected chi connectivity index (χ1v) is 9.91. The molecular weight excluding hydrogens is 384 g/mol. The number of aliphatic imine (C=N–C) groups is 1. The summed E-state index contributed by atoms with van der Waals surface area (Å²) in [6, 6.07) is 17.5. The zero-order valence-corrected chi connectivity index (χ0v) is 16.7. The molecule has 0 spiro atoms. The quantitative estimate of drug-likeness (QED) is 0.250. The second kappa shape index (κ2) is 8.04. The molecule has 0 saturated heterocycles. The molecule has 0 saturated carbocycles. The first kappa shape index (κ1) is 19.1.